The minimum Gasteiger partial charge on any atom is -0.393 e. The van der Waals surface area contributed by atoms with E-state index in [0.29, 0.717) is 23.8 Å². The van der Waals surface area contributed by atoms with Gasteiger partial charge in [-0.15, -0.1) is 0 Å². The Kier molecular flexibility index (Phi) is 3.42. The lowest BCUT2D eigenvalue weighted by Gasteiger charge is -2.31. The number of anilines is 2. The van der Waals surface area contributed by atoms with Crippen LogP contribution in [0.2, 0.25) is 0 Å². The van der Waals surface area contributed by atoms with Crippen molar-refractivity contribution in [3.63, 3.8) is 0 Å². The van der Waals surface area contributed by atoms with Crippen molar-refractivity contribution < 1.29 is 5.11 Å². The summed E-state index contributed by atoms with van der Waals surface area (Å²) in [4.78, 5) is 16.6. The zero-order chi connectivity index (χ0) is 13.9. The number of hydrogen-bond acceptors (Lipinski definition) is 8. The van der Waals surface area contributed by atoms with E-state index in [1.807, 2.05) is 0 Å². The summed E-state index contributed by atoms with van der Waals surface area (Å²) in [6.45, 7) is 0.737. The second kappa shape index (κ2) is 5.37. The molecule has 0 amide bonds. The standard InChI is InChI=1S/C11H16N8O/c1-12-9-16-10(14-4-7-2-8(20)3-7)18-11(17-9)19-6-13-5-15-19/h5-8,20H,2-4H2,1H3,(H2,12,14,16,17,18). The first-order valence-electron chi connectivity index (χ1n) is 6.45. The maximum Gasteiger partial charge on any atom is 0.258 e. The number of nitrogens with zero attached hydrogens (tertiary/aromatic N) is 6. The first-order chi connectivity index (χ1) is 9.74. The first-order valence-corrected chi connectivity index (χ1v) is 6.45. The molecule has 0 bridgehead atoms. The second-order valence-corrected chi connectivity index (χ2v) is 4.74. The molecule has 3 rings (SSSR count). The molecule has 9 nitrogen and oxygen atoms in total. The van der Waals surface area contributed by atoms with E-state index in [-0.39, 0.29) is 6.10 Å². The Morgan fingerprint density at radius 2 is 2.10 bits per heavy atom. The fourth-order valence-corrected chi connectivity index (χ4v) is 2.07. The summed E-state index contributed by atoms with van der Waals surface area (Å²) in [5.74, 6) is 1.81. The quantitative estimate of drug-likeness (QED) is 0.680. The first kappa shape index (κ1) is 12.7. The summed E-state index contributed by atoms with van der Waals surface area (Å²) in [7, 11) is 1.74. The van der Waals surface area contributed by atoms with Crippen LogP contribution in [-0.4, -0.2) is 54.5 Å². The van der Waals surface area contributed by atoms with Crippen molar-refractivity contribution in [1.82, 2.24) is 29.7 Å². The van der Waals surface area contributed by atoms with Crippen LogP contribution in [0.4, 0.5) is 11.9 Å². The van der Waals surface area contributed by atoms with E-state index in [4.69, 9.17) is 0 Å². The Hall–Kier alpha value is -2.29. The second-order valence-electron chi connectivity index (χ2n) is 4.74. The molecule has 0 saturated heterocycles. The van der Waals surface area contributed by atoms with Crippen molar-refractivity contribution >= 4 is 11.9 Å². The number of nitrogens with one attached hydrogen (secondary N) is 2. The lowest BCUT2D eigenvalue weighted by Crippen LogP contribution is -2.33. The van der Waals surface area contributed by atoms with Crippen LogP contribution in [0.5, 0.6) is 0 Å². The summed E-state index contributed by atoms with van der Waals surface area (Å²) in [5.41, 5.74) is 0. The van der Waals surface area contributed by atoms with E-state index >= 15 is 0 Å². The van der Waals surface area contributed by atoms with Crippen molar-refractivity contribution in [2.24, 2.45) is 5.92 Å². The predicted octanol–water partition coefficient (Wildman–Crippen LogP) is -0.323. The third kappa shape index (κ3) is 2.67. The van der Waals surface area contributed by atoms with Crippen LogP contribution in [0.15, 0.2) is 12.7 Å². The Morgan fingerprint density at radius 1 is 1.30 bits per heavy atom. The van der Waals surface area contributed by atoms with Gasteiger partial charge in [0, 0.05) is 13.6 Å². The van der Waals surface area contributed by atoms with Gasteiger partial charge in [-0.3, -0.25) is 0 Å². The van der Waals surface area contributed by atoms with Crippen molar-refractivity contribution in [3.8, 4) is 5.95 Å². The number of hydrogen-bond donors (Lipinski definition) is 3. The lowest BCUT2D eigenvalue weighted by molar-refractivity contribution is 0.0486. The van der Waals surface area contributed by atoms with Crippen LogP contribution in [0.25, 0.3) is 5.95 Å². The third-order valence-electron chi connectivity index (χ3n) is 3.23. The molecule has 1 fully saturated rings. The lowest BCUT2D eigenvalue weighted by atomic mass is 9.82. The molecule has 0 radical (unpaired) electrons. The summed E-state index contributed by atoms with van der Waals surface area (Å²) >= 11 is 0. The maximum atomic E-state index is 9.27. The SMILES string of the molecule is CNc1nc(NCC2CC(O)C2)nc(-n2cncn2)n1. The summed E-state index contributed by atoms with van der Waals surface area (Å²) in [5, 5.41) is 19.3. The molecule has 0 aromatic carbocycles. The molecule has 1 saturated carbocycles. The third-order valence-corrected chi connectivity index (χ3v) is 3.23. The Labute approximate surface area is 115 Å². The highest BCUT2D eigenvalue weighted by atomic mass is 16.3. The summed E-state index contributed by atoms with van der Waals surface area (Å²) < 4.78 is 1.47. The zero-order valence-corrected chi connectivity index (χ0v) is 11.1. The van der Waals surface area contributed by atoms with Gasteiger partial charge in [0.15, 0.2) is 0 Å². The Balaban J connectivity index is 1.74. The van der Waals surface area contributed by atoms with Crippen molar-refractivity contribution in [2.45, 2.75) is 18.9 Å². The predicted molar refractivity (Wildman–Crippen MR) is 71.5 cm³/mol. The van der Waals surface area contributed by atoms with Crippen LogP contribution >= 0.6 is 0 Å². The van der Waals surface area contributed by atoms with Crippen LogP contribution in [0.3, 0.4) is 0 Å². The molecule has 20 heavy (non-hydrogen) atoms. The smallest absolute Gasteiger partial charge is 0.258 e. The average Bonchev–Trinajstić information content (AvgIpc) is 2.96. The average molecular weight is 276 g/mol. The highest BCUT2D eigenvalue weighted by molar-refractivity contribution is 5.37. The van der Waals surface area contributed by atoms with Crippen molar-refractivity contribution in [2.75, 3.05) is 24.2 Å². The number of rotatable bonds is 5. The van der Waals surface area contributed by atoms with Gasteiger partial charge in [0.05, 0.1) is 6.10 Å². The number of aromatic nitrogens is 6. The van der Waals surface area contributed by atoms with E-state index in [1.54, 1.807) is 7.05 Å². The van der Waals surface area contributed by atoms with Crippen molar-refractivity contribution in [3.05, 3.63) is 12.7 Å². The molecule has 2 aromatic heterocycles. The van der Waals surface area contributed by atoms with Crippen LogP contribution in [-0.2, 0) is 0 Å². The molecule has 0 unspecified atom stereocenters. The van der Waals surface area contributed by atoms with Gasteiger partial charge >= 0.3 is 0 Å². The highest BCUT2D eigenvalue weighted by Gasteiger charge is 2.26. The van der Waals surface area contributed by atoms with E-state index in [9.17, 15) is 5.11 Å². The fourth-order valence-electron chi connectivity index (χ4n) is 2.07. The Bertz CT molecular complexity index is 566. The van der Waals surface area contributed by atoms with Crippen LogP contribution < -0.4 is 10.6 Å². The Morgan fingerprint density at radius 3 is 2.75 bits per heavy atom. The molecular weight excluding hydrogens is 260 g/mol. The largest absolute Gasteiger partial charge is 0.393 e. The molecular formula is C11H16N8O. The van der Waals surface area contributed by atoms with E-state index in [2.05, 4.69) is 35.7 Å². The topological polar surface area (TPSA) is 114 Å². The molecule has 0 aliphatic heterocycles. The van der Waals surface area contributed by atoms with Gasteiger partial charge in [-0.2, -0.15) is 24.7 Å². The van der Waals surface area contributed by atoms with Gasteiger partial charge in [-0.05, 0) is 18.8 Å². The molecule has 1 aliphatic rings. The number of aliphatic hydroxyl groups excluding tert-OH is 1. The normalized spacial score (nSPS) is 21.3. The molecule has 3 N–H and O–H groups in total. The molecule has 2 aromatic rings. The molecule has 1 aliphatic carbocycles. The van der Waals surface area contributed by atoms with E-state index < -0.39 is 0 Å². The minimum absolute atomic E-state index is 0.154. The molecule has 9 heteroatoms. The summed E-state index contributed by atoms with van der Waals surface area (Å²) in [6.07, 6.45) is 4.45. The zero-order valence-electron chi connectivity index (χ0n) is 11.1. The highest BCUT2D eigenvalue weighted by Crippen LogP contribution is 2.26. The van der Waals surface area contributed by atoms with Crippen LogP contribution in [0.1, 0.15) is 12.8 Å². The molecule has 0 spiro atoms. The molecule has 0 atom stereocenters. The van der Waals surface area contributed by atoms with Gasteiger partial charge < -0.3 is 15.7 Å². The van der Waals surface area contributed by atoms with Crippen molar-refractivity contribution in [1.29, 1.82) is 0 Å². The van der Waals surface area contributed by atoms with Gasteiger partial charge in [0.2, 0.25) is 11.9 Å². The van der Waals surface area contributed by atoms with E-state index in [1.165, 1.54) is 17.3 Å². The summed E-state index contributed by atoms with van der Waals surface area (Å²) in [6, 6.07) is 0. The molecule has 106 valence electrons. The monoisotopic (exact) mass is 276 g/mol. The van der Waals surface area contributed by atoms with Gasteiger partial charge in [0.25, 0.3) is 5.95 Å². The van der Waals surface area contributed by atoms with Gasteiger partial charge in [-0.1, -0.05) is 0 Å². The van der Waals surface area contributed by atoms with Gasteiger partial charge in [0.1, 0.15) is 12.7 Å². The van der Waals surface area contributed by atoms with E-state index in [0.717, 1.165) is 19.4 Å². The molecule has 2 heterocycles. The fraction of sp³-hybridized carbons (Fsp3) is 0.545. The number of aliphatic hydroxyl groups is 1. The maximum absolute atomic E-state index is 9.27. The van der Waals surface area contributed by atoms with Gasteiger partial charge in [-0.25, -0.2) is 4.98 Å². The minimum atomic E-state index is -0.154. The van der Waals surface area contributed by atoms with Crippen LogP contribution in [0, 0.1) is 5.92 Å².